The number of likely N-dealkylation sites (N-methyl/N-ethyl adjacent to an activating group) is 2. The zero-order valence-corrected chi connectivity index (χ0v) is 25.7. The number of amides is 1. The Bertz CT molecular complexity index is 1080. The lowest BCUT2D eigenvalue weighted by Gasteiger charge is -2.41. The summed E-state index contributed by atoms with van der Waals surface area (Å²) in [6, 6.07) is 4.91. The SMILES string of the molecule is COc1cc(C)c(S(=O)(=O)N(C)CCOCC(=O)N(C)[C@@H]2CCN(C3CCN(C4CCOCC4)CC3)C2)c(C)c1. The van der Waals surface area contributed by atoms with E-state index >= 15 is 0 Å². The van der Waals surface area contributed by atoms with Gasteiger partial charge in [0.15, 0.2) is 0 Å². The van der Waals surface area contributed by atoms with Crippen molar-refractivity contribution in [1.29, 1.82) is 0 Å². The van der Waals surface area contributed by atoms with Gasteiger partial charge in [-0.3, -0.25) is 9.69 Å². The van der Waals surface area contributed by atoms with Crippen LogP contribution in [0.1, 0.15) is 43.2 Å². The standard InChI is InChI=1S/C29H48N4O6S/c1-22-18-27(37-5)19-23(2)29(22)40(35,36)30(3)14-17-39-21-28(34)31(4)26-8-13-33(20-26)24-6-11-32(12-7-24)25-9-15-38-16-10-25/h18-19,24-26H,6-17,20-21H2,1-5H3/t26-/m1/s1. The Labute approximate surface area is 240 Å². The fourth-order valence-corrected chi connectivity index (χ4v) is 8.01. The minimum Gasteiger partial charge on any atom is -0.497 e. The summed E-state index contributed by atoms with van der Waals surface area (Å²) in [6.45, 7) is 9.81. The predicted molar refractivity (Wildman–Crippen MR) is 154 cm³/mol. The third-order valence-corrected chi connectivity index (χ3v) is 11.1. The molecular weight excluding hydrogens is 532 g/mol. The highest BCUT2D eigenvalue weighted by Crippen LogP contribution is 2.28. The van der Waals surface area contributed by atoms with E-state index in [0.717, 1.165) is 58.7 Å². The molecule has 1 aromatic rings. The summed E-state index contributed by atoms with van der Waals surface area (Å²) in [5, 5.41) is 0. The molecule has 0 saturated carbocycles. The van der Waals surface area contributed by atoms with E-state index < -0.39 is 10.0 Å². The molecule has 0 aliphatic carbocycles. The van der Waals surface area contributed by atoms with Gasteiger partial charge in [-0.25, -0.2) is 8.42 Å². The fraction of sp³-hybridized carbons (Fsp3) is 0.759. The van der Waals surface area contributed by atoms with Crippen molar-refractivity contribution in [1.82, 2.24) is 19.0 Å². The molecule has 3 aliphatic heterocycles. The van der Waals surface area contributed by atoms with Crippen molar-refractivity contribution in [3.8, 4) is 5.75 Å². The molecule has 4 rings (SSSR count). The normalized spacial score (nSPS) is 22.2. The van der Waals surface area contributed by atoms with Gasteiger partial charge in [-0.1, -0.05) is 0 Å². The van der Waals surface area contributed by atoms with Crippen LogP contribution < -0.4 is 4.74 Å². The zero-order chi connectivity index (χ0) is 28.9. The van der Waals surface area contributed by atoms with Crippen molar-refractivity contribution in [2.75, 3.05) is 80.4 Å². The molecule has 1 amide bonds. The zero-order valence-electron chi connectivity index (χ0n) is 24.9. The van der Waals surface area contributed by atoms with Gasteiger partial charge in [-0.2, -0.15) is 4.31 Å². The van der Waals surface area contributed by atoms with Crippen LogP contribution in [0.15, 0.2) is 17.0 Å². The number of nitrogens with zero attached hydrogens (tertiary/aromatic N) is 4. The van der Waals surface area contributed by atoms with Gasteiger partial charge in [0, 0.05) is 65.1 Å². The Kier molecular flexibility index (Phi) is 10.9. The van der Waals surface area contributed by atoms with Crippen LogP contribution in [-0.2, 0) is 24.3 Å². The number of benzene rings is 1. The summed E-state index contributed by atoms with van der Waals surface area (Å²) >= 11 is 0. The molecule has 0 aromatic heterocycles. The van der Waals surface area contributed by atoms with Gasteiger partial charge in [0.25, 0.3) is 0 Å². The molecule has 40 heavy (non-hydrogen) atoms. The Morgan fingerprint density at radius 2 is 1.57 bits per heavy atom. The van der Waals surface area contributed by atoms with Crippen LogP contribution in [0.4, 0.5) is 0 Å². The molecule has 0 bridgehead atoms. The van der Waals surface area contributed by atoms with E-state index in [4.69, 9.17) is 14.2 Å². The van der Waals surface area contributed by atoms with Crippen molar-refractivity contribution >= 4 is 15.9 Å². The van der Waals surface area contributed by atoms with E-state index in [-0.39, 0.29) is 36.6 Å². The second kappa shape index (κ2) is 13.9. The van der Waals surface area contributed by atoms with E-state index in [1.807, 2.05) is 11.9 Å². The second-order valence-corrected chi connectivity index (χ2v) is 13.5. The lowest BCUT2D eigenvalue weighted by molar-refractivity contribution is -0.136. The summed E-state index contributed by atoms with van der Waals surface area (Å²) < 4.78 is 44.1. The summed E-state index contributed by atoms with van der Waals surface area (Å²) in [6.07, 6.45) is 5.66. The number of hydrogen-bond acceptors (Lipinski definition) is 8. The third-order valence-electron chi connectivity index (χ3n) is 8.97. The van der Waals surface area contributed by atoms with Gasteiger partial charge in [-0.05, 0) is 82.3 Å². The maximum Gasteiger partial charge on any atom is 0.248 e. The van der Waals surface area contributed by atoms with Crippen LogP contribution in [0.25, 0.3) is 0 Å². The van der Waals surface area contributed by atoms with Gasteiger partial charge in [0.1, 0.15) is 12.4 Å². The maximum absolute atomic E-state index is 13.2. The number of sulfonamides is 1. The van der Waals surface area contributed by atoms with Gasteiger partial charge in [-0.15, -0.1) is 0 Å². The molecule has 1 atom stereocenters. The Hall–Kier alpha value is -1.76. The van der Waals surface area contributed by atoms with E-state index in [1.54, 1.807) is 33.1 Å². The van der Waals surface area contributed by atoms with Gasteiger partial charge in [0.05, 0.1) is 18.6 Å². The topological polar surface area (TPSA) is 91.9 Å². The van der Waals surface area contributed by atoms with Crippen molar-refractivity contribution in [3.63, 3.8) is 0 Å². The smallest absolute Gasteiger partial charge is 0.248 e. The Balaban J connectivity index is 1.18. The number of carbonyl (C=O) groups is 1. The van der Waals surface area contributed by atoms with E-state index in [0.29, 0.717) is 29.0 Å². The van der Waals surface area contributed by atoms with Crippen molar-refractivity contribution in [3.05, 3.63) is 23.3 Å². The molecule has 0 radical (unpaired) electrons. The predicted octanol–water partition coefficient (Wildman–Crippen LogP) is 2.13. The van der Waals surface area contributed by atoms with Gasteiger partial charge >= 0.3 is 0 Å². The number of hydrogen-bond donors (Lipinski definition) is 0. The molecule has 3 aliphatic rings. The highest BCUT2D eigenvalue weighted by Gasteiger charge is 2.35. The van der Waals surface area contributed by atoms with E-state index in [1.165, 1.54) is 24.2 Å². The second-order valence-electron chi connectivity index (χ2n) is 11.5. The minimum atomic E-state index is -3.69. The van der Waals surface area contributed by atoms with E-state index in [2.05, 4.69) is 9.80 Å². The quantitative estimate of drug-likeness (QED) is 0.368. The summed E-state index contributed by atoms with van der Waals surface area (Å²) in [5.41, 5.74) is 1.27. The maximum atomic E-state index is 13.2. The van der Waals surface area contributed by atoms with Crippen LogP contribution in [0.5, 0.6) is 5.75 Å². The third kappa shape index (κ3) is 7.35. The molecule has 0 unspecified atom stereocenters. The van der Waals surface area contributed by atoms with E-state index in [9.17, 15) is 13.2 Å². The van der Waals surface area contributed by atoms with Crippen molar-refractivity contribution < 1.29 is 27.4 Å². The lowest BCUT2D eigenvalue weighted by Crippen LogP contribution is -2.49. The molecule has 10 nitrogen and oxygen atoms in total. The van der Waals surface area contributed by atoms with Crippen LogP contribution in [0.2, 0.25) is 0 Å². The summed E-state index contributed by atoms with van der Waals surface area (Å²) in [4.78, 5) is 20.2. The number of methoxy groups -OCH3 is 1. The minimum absolute atomic E-state index is 0.0506. The highest BCUT2D eigenvalue weighted by atomic mass is 32.2. The number of piperidine rings is 1. The van der Waals surface area contributed by atoms with Crippen LogP contribution >= 0.6 is 0 Å². The molecule has 3 fully saturated rings. The first-order valence-corrected chi connectivity index (χ1v) is 16.1. The van der Waals surface area contributed by atoms with Crippen LogP contribution in [0.3, 0.4) is 0 Å². The number of aryl methyl sites for hydroxylation is 2. The number of rotatable bonds is 11. The van der Waals surface area contributed by atoms with Gasteiger partial charge in [0.2, 0.25) is 15.9 Å². The van der Waals surface area contributed by atoms with Gasteiger partial charge < -0.3 is 24.0 Å². The number of carbonyl (C=O) groups excluding carboxylic acids is 1. The summed E-state index contributed by atoms with van der Waals surface area (Å²) in [5.74, 6) is 0.567. The number of likely N-dealkylation sites (tertiary alicyclic amines) is 2. The van der Waals surface area contributed by atoms with Crippen molar-refractivity contribution in [2.24, 2.45) is 0 Å². The average Bonchev–Trinajstić information content (AvgIpc) is 3.45. The molecule has 0 N–H and O–H groups in total. The monoisotopic (exact) mass is 580 g/mol. The average molecular weight is 581 g/mol. The molecule has 226 valence electrons. The molecule has 11 heteroatoms. The van der Waals surface area contributed by atoms with Crippen LogP contribution in [-0.4, -0.2) is 132 Å². The number of ether oxygens (including phenoxy) is 3. The first-order chi connectivity index (χ1) is 19.1. The molecular formula is C29H48N4O6S. The fourth-order valence-electron chi connectivity index (χ4n) is 6.45. The Morgan fingerprint density at radius 1 is 0.975 bits per heavy atom. The highest BCUT2D eigenvalue weighted by molar-refractivity contribution is 7.89. The van der Waals surface area contributed by atoms with Crippen LogP contribution in [0, 0.1) is 13.8 Å². The largest absolute Gasteiger partial charge is 0.497 e. The van der Waals surface area contributed by atoms with Crippen molar-refractivity contribution in [2.45, 2.75) is 69.0 Å². The first kappa shape index (κ1) is 31.2. The molecule has 3 heterocycles. The molecule has 3 saturated heterocycles. The Morgan fingerprint density at radius 3 is 2.20 bits per heavy atom. The molecule has 1 aromatic carbocycles. The first-order valence-electron chi connectivity index (χ1n) is 14.6. The summed E-state index contributed by atoms with van der Waals surface area (Å²) in [7, 11) is 1.27. The lowest BCUT2D eigenvalue weighted by atomic mass is 9.99. The molecule has 0 spiro atoms.